The maximum atomic E-state index is 5.54. The molecular formula is C15H23BrN2O2. The normalized spacial score (nSPS) is 16.4. The van der Waals surface area contributed by atoms with E-state index in [0.717, 1.165) is 49.4 Å². The zero-order valence-corrected chi connectivity index (χ0v) is 13.8. The third-order valence-electron chi connectivity index (χ3n) is 3.67. The Kier molecular flexibility index (Phi) is 6.29. The van der Waals surface area contributed by atoms with Crippen LogP contribution in [-0.2, 0) is 17.8 Å². The second-order valence-corrected chi connectivity index (χ2v) is 5.94. The Morgan fingerprint density at radius 2 is 2.00 bits per heavy atom. The molecule has 1 N–H and O–H groups in total. The van der Waals surface area contributed by atoms with Crippen LogP contribution < -0.4 is 10.1 Å². The fourth-order valence-electron chi connectivity index (χ4n) is 2.62. The molecule has 5 heteroatoms. The van der Waals surface area contributed by atoms with E-state index in [1.807, 2.05) is 6.07 Å². The molecule has 4 nitrogen and oxygen atoms in total. The molecule has 0 saturated carbocycles. The molecule has 20 heavy (non-hydrogen) atoms. The lowest BCUT2D eigenvalue weighted by Crippen LogP contribution is -2.44. The van der Waals surface area contributed by atoms with Gasteiger partial charge in [0.1, 0.15) is 5.75 Å². The molecule has 0 amide bonds. The molecular weight excluding hydrogens is 320 g/mol. The molecule has 1 aromatic carbocycles. The molecule has 0 spiro atoms. The molecule has 0 aliphatic carbocycles. The quantitative estimate of drug-likeness (QED) is 0.857. The van der Waals surface area contributed by atoms with E-state index in [2.05, 4.69) is 32.2 Å². The van der Waals surface area contributed by atoms with Crippen molar-refractivity contribution in [3.05, 3.63) is 27.7 Å². The molecule has 0 bridgehead atoms. The van der Waals surface area contributed by atoms with Crippen LogP contribution in [0.5, 0.6) is 5.75 Å². The lowest BCUT2D eigenvalue weighted by Gasteiger charge is -2.27. The number of methoxy groups -OCH3 is 2. The van der Waals surface area contributed by atoms with Crippen molar-refractivity contribution in [2.45, 2.75) is 13.0 Å². The first-order valence-electron chi connectivity index (χ1n) is 7.02. The number of benzene rings is 1. The van der Waals surface area contributed by atoms with Gasteiger partial charge < -0.3 is 19.7 Å². The summed E-state index contributed by atoms with van der Waals surface area (Å²) in [7, 11) is 3.46. The van der Waals surface area contributed by atoms with Crippen molar-refractivity contribution in [1.82, 2.24) is 10.2 Å². The summed E-state index contributed by atoms with van der Waals surface area (Å²) in [6, 6.07) is 4.16. The number of hydrogen-bond acceptors (Lipinski definition) is 4. The summed E-state index contributed by atoms with van der Waals surface area (Å²) in [6.07, 6.45) is 0.995. The first-order valence-corrected chi connectivity index (χ1v) is 7.81. The summed E-state index contributed by atoms with van der Waals surface area (Å²) in [4.78, 5) is 2.49. The van der Waals surface area contributed by atoms with Gasteiger partial charge in [-0.1, -0.05) is 15.9 Å². The molecule has 1 saturated heterocycles. The minimum Gasteiger partial charge on any atom is -0.496 e. The zero-order chi connectivity index (χ0) is 14.4. The highest BCUT2D eigenvalue weighted by molar-refractivity contribution is 9.10. The Morgan fingerprint density at radius 1 is 1.25 bits per heavy atom. The third-order valence-corrected chi connectivity index (χ3v) is 4.13. The van der Waals surface area contributed by atoms with Crippen molar-refractivity contribution in [3.63, 3.8) is 0 Å². The van der Waals surface area contributed by atoms with Gasteiger partial charge in [0.05, 0.1) is 13.7 Å². The topological polar surface area (TPSA) is 33.7 Å². The van der Waals surface area contributed by atoms with Crippen LogP contribution in [0.4, 0.5) is 0 Å². The Labute approximate surface area is 129 Å². The Hall–Kier alpha value is -0.620. The van der Waals surface area contributed by atoms with Gasteiger partial charge in [-0.3, -0.25) is 0 Å². The molecule has 0 aromatic heterocycles. The number of piperazine rings is 1. The second-order valence-electron chi connectivity index (χ2n) is 5.02. The van der Waals surface area contributed by atoms with Gasteiger partial charge in [0.25, 0.3) is 0 Å². The summed E-state index contributed by atoms with van der Waals surface area (Å²) >= 11 is 3.53. The summed E-state index contributed by atoms with van der Waals surface area (Å²) in [5.74, 6) is 0.946. The predicted octanol–water partition coefficient (Wildman–Crippen LogP) is 2.05. The van der Waals surface area contributed by atoms with E-state index in [9.17, 15) is 0 Å². The highest BCUT2D eigenvalue weighted by atomic mass is 79.9. The average molecular weight is 343 g/mol. The maximum absolute atomic E-state index is 5.54. The molecule has 0 atom stereocenters. The van der Waals surface area contributed by atoms with Crippen LogP contribution in [0, 0.1) is 0 Å². The molecule has 1 fully saturated rings. The van der Waals surface area contributed by atoms with Crippen molar-refractivity contribution in [2.24, 2.45) is 0 Å². The summed E-state index contributed by atoms with van der Waals surface area (Å²) < 4.78 is 11.9. The minimum atomic E-state index is 0.618. The fraction of sp³-hybridized carbons (Fsp3) is 0.600. The Bertz CT molecular complexity index is 434. The fourth-order valence-corrected chi connectivity index (χ4v) is 3.10. The Morgan fingerprint density at radius 3 is 2.65 bits per heavy atom. The smallest absolute Gasteiger partial charge is 0.123 e. The van der Waals surface area contributed by atoms with Crippen molar-refractivity contribution in [1.29, 1.82) is 0 Å². The van der Waals surface area contributed by atoms with Crippen molar-refractivity contribution in [3.8, 4) is 5.75 Å². The van der Waals surface area contributed by atoms with Gasteiger partial charge >= 0.3 is 0 Å². The lowest BCUT2D eigenvalue weighted by atomic mass is 10.0. The lowest BCUT2D eigenvalue weighted by molar-refractivity contribution is 0.183. The van der Waals surface area contributed by atoms with Crippen LogP contribution >= 0.6 is 15.9 Å². The van der Waals surface area contributed by atoms with Gasteiger partial charge in [-0.15, -0.1) is 0 Å². The van der Waals surface area contributed by atoms with Crippen LogP contribution in [0.3, 0.4) is 0 Å². The van der Waals surface area contributed by atoms with Crippen LogP contribution in [0.25, 0.3) is 0 Å². The monoisotopic (exact) mass is 342 g/mol. The van der Waals surface area contributed by atoms with E-state index >= 15 is 0 Å². The molecule has 1 aromatic rings. The van der Waals surface area contributed by atoms with E-state index in [1.165, 1.54) is 11.1 Å². The first kappa shape index (κ1) is 15.8. The highest BCUT2D eigenvalue weighted by Crippen LogP contribution is 2.29. The van der Waals surface area contributed by atoms with E-state index in [1.54, 1.807) is 14.2 Å². The number of hydrogen-bond donors (Lipinski definition) is 1. The second kappa shape index (κ2) is 7.98. The van der Waals surface area contributed by atoms with Crippen molar-refractivity contribution < 1.29 is 9.47 Å². The highest BCUT2D eigenvalue weighted by Gasteiger charge is 2.14. The van der Waals surface area contributed by atoms with Crippen molar-refractivity contribution >= 4 is 15.9 Å². The minimum absolute atomic E-state index is 0.618. The van der Waals surface area contributed by atoms with E-state index in [-0.39, 0.29) is 0 Å². The number of rotatable bonds is 6. The zero-order valence-electron chi connectivity index (χ0n) is 12.2. The summed E-state index contributed by atoms with van der Waals surface area (Å²) in [6.45, 7) is 6.10. The predicted molar refractivity (Wildman–Crippen MR) is 84.4 cm³/mol. The number of nitrogens with zero attached hydrogens (tertiary/aromatic N) is 1. The SMILES string of the molecule is COCc1cc(Br)cc(OC)c1CCN1CCNCC1. The molecule has 1 aliphatic heterocycles. The maximum Gasteiger partial charge on any atom is 0.123 e. The average Bonchev–Trinajstić information content (AvgIpc) is 2.47. The standard InChI is InChI=1S/C15H23BrN2O2/c1-19-11-12-9-13(16)10-15(20-2)14(12)3-6-18-7-4-17-5-8-18/h9-10,17H,3-8,11H2,1-2H3. The van der Waals surface area contributed by atoms with Crippen LogP contribution in [-0.4, -0.2) is 51.8 Å². The van der Waals surface area contributed by atoms with Crippen LogP contribution in [0.1, 0.15) is 11.1 Å². The summed E-state index contributed by atoms with van der Waals surface area (Å²) in [5, 5.41) is 3.38. The number of ether oxygens (including phenoxy) is 2. The van der Waals surface area contributed by atoms with Crippen LogP contribution in [0.15, 0.2) is 16.6 Å². The van der Waals surface area contributed by atoms with Gasteiger partial charge in [0, 0.05) is 49.9 Å². The van der Waals surface area contributed by atoms with Crippen LogP contribution in [0.2, 0.25) is 0 Å². The van der Waals surface area contributed by atoms with Gasteiger partial charge in [0.2, 0.25) is 0 Å². The molecule has 0 radical (unpaired) electrons. The van der Waals surface area contributed by atoms with Gasteiger partial charge in [0.15, 0.2) is 0 Å². The summed E-state index contributed by atoms with van der Waals surface area (Å²) in [5.41, 5.74) is 2.46. The molecule has 112 valence electrons. The van der Waals surface area contributed by atoms with Crippen molar-refractivity contribution in [2.75, 3.05) is 46.9 Å². The van der Waals surface area contributed by atoms with Gasteiger partial charge in [-0.25, -0.2) is 0 Å². The molecule has 2 rings (SSSR count). The largest absolute Gasteiger partial charge is 0.496 e. The van der Waals surface area contributed by atoms with E-state index in [0.29, 0.717) is 6.61 Å². The molecule has 1 aliphatic rings. The number of nitrogens with one attached hydrogen (secondary N) is 1. The number of halogens is 1. The third kappa shape index (κ3) is 4.19. The molecule has 1 heterocycles. The molecule has 0 unspecified atom stereocenters. The van der Waals surface area contributed by atoms with E-state index in [4.69, 9.17) is 9.47 Å². The first-order chi connectivity index (χ1) is 9.74. The van der Waals surface area contributed by atoms with E-state index < -0.39 is 0 Å². The van der Waals surface area contributed by atoms with Gasteiger partial charge in [-0.2, -0.15) is 0 Å². The van der Waals surface area contributed by atoms with Gasteiger partial charge in [-0.05, 0) is 24.1 Å². The Balaban J connectivity index is 2.10.